The van der Waals surface area contributed by atoms with Gasteiger partial charge in [-0.25, -0.2) is 17.6 Å². The van der Waals surface area contributed by atoms with Crippen molar-refractivity contribution in [3.63, 3.8) is 0 Å². The summed E-state index contributed by atoms with van der Waals surface area (Å²) in [4.78, 5) is 23.9. The molecule has 1 aliphatic rings. The summed E-state index contributed by atoms with van der Waals surface area (Å²) in [5.74, 6) is -2.76. The fraction of sp³-hybridized carbons (Fsp3) is 0.263. The standard InChI is InChI=1S/C19H18ClFN2O6S/c20-13-1-3-14(4-2-13)22-18(24)12-29-19(25)16-11-15(5-6-17(16)21)30(26,27)23-7-9-28-10-8-23/h1-6,11H,7-10,12H2,(H,22,24). The van der Waals surface area contributed by atoms with Crippen LogP contribution in [-0.2, 0) is 24.3 Å². The number of rotatable bonds is 6. The summed E-state index contributed by atoms with van der Waals surface area (Å²) in [7, 11) is -3.92. The third-order valence-electron chi connectivity index (χ3n) is 4.23. The molecule has 0 aromatic heterocycles. The van der Waals surface area contributed by atoms with Gasteiger partial charge < -0.3 is 14.8 Å². The second-order valence-corrected chi connectivity index (χ2v) is 8.66. The summed E-state index contributed by atoms with van der Waals surface area (Å²) >= 11 is 5.76. The highest BCUT2D eigenvalue weighted by Gasteiger charge is 2.28. The van der Waals surface area contributed by atoms with E-state index in [1.165, 1.54) is 4.31 Å². The van der Waals surface area contributed by atoms with E-state index < -0.39 is 39.9 Å². The highest BCUT2D eigenvalue weighted by atomic mass is 35.5. The first-order valence-corrected chi connectivity index (χ1v) is 10.7. The highest BCUT2D eigenvalue weighted by Crippen LogP contribution is 2.21. The number of hydrogen-bond donors (Lipinski definition) is 1. The van der Waals surface area contributed by atoms with Crippen molar-refractivity contribution in [2.75, 3.05) is 38.2 Å². The van der Waals surface area contributed by atoms with E-state index >= 15 is 0 Å². The number of carbonyl (C=O) groups excluding carboxylic acids is 2. The molecule has 0 radical (unpaired) electrons. The van der Waals surface area contributed by atoms with E-state index in [2.05, 4.69) is 5.32 Å². The number of carbonyl (C=O) groups is 2. The van der Waals surface area contributed by atoms with Gasteiger partial charge in [0.15, 0.2) is 6.61 Å². The normalized spacial score (nSPS) is 14.9. The summed E-state index contributed by atoms with van der Waals surface area (Å²) < 4.78 is 50.7. The number of halogens is 2. The first-order chi connectivity index (χ1) is 14.3. The molecule has 11 heteroatoms. The zero-order valence-corrected chi connectivity index (χ0v) is 17.2. The summed E-state index contributed by atoms with van der Waals surface area (Å²) in [6.07, 6.45) is 0. The Labute approximate surface area is 177 Å². The van der Waals surface area contributed by atoms with Crippen molar-refractivity contribution in [1.82, 2.24) is 4.31 Å². The number of anilines is 1. The van der Waals surface area contributed by atoms with Gasteiger partial charge in [0, 0.05) is 23.8 Å². The first-order valence-electron chi connectivity index (χ1n) is 8.87. The van der Waals surface area contributed by atoms with Crippen LogP contribution >= 0.6 is 11.6 Å². The molecule has 1 heterocycles. The monoisotopic (exact) mass is 456 g/mol. The second kappa shape index (κ2) is 9.52. The van der Waals surface area contributed by atoms with Crippen LogP contribution in [0.1, 0.15) is 10.4 Å². The smallest absolute Gasteiger partial charge is 0.341 e. The van der Waals surface area contributed by atoms with Crippen LogP contribution in [0.2, 0.25) is 5.02 Å². The molecule has 1 fully saturated rings. The summed E-state index contributed by atoms with van der Waals surface area (Å²) in [6.45, 7) is 0.131. The predicted octanol–water partition coefficient (Wildman–Crippen LogP) is 2.30. The number of ether oxygens (including phenoxy) is 2. The minimum atomic E-state index is -3.92. The molecule has 0 unspecified atom stereocenters. The van der Waals surface area contributed by atoms with Gasteiger partial charge in [-0.3, -0.25) is 4.79 Å². The molecule has 2 aromatic carbocycles. The molecular formula is C19H18ClFN2O6S. The summed E-state index contributed by atoms with van der Waals surface area (Å²) in [5, 5.41) is 2.97. The van der Waals surface area contributed by atoms with Crippen LogP contribution < -0.4 is 5.32 Å². The predicted molar refractivity (Wildman–Crippen MR) is 106 cm³/mol. The molecule has 0 aliphatic carbocycles. The van der Waals surface area contributed by atoms with Gasteiger partial charge in [0.25, 0.3) is 5.91 Å². The van der Waals surface area contributed by atoms with Gasteiger partial charge in [0.1, 0.15) is 5.82 Å². The molecule has 3 rings (SSSR count). The number of hydrogen-bond acceptors (Lipinski definition) is 6. The summed E-state index contributed by atoms with van der Waals surface area (Å²) in [6, 6.07) is 9.10. The van der Waals surface area contributed by atoms with E-state index in [1.54, 1.807) is 24.3 Å². The molecule has 1 N–H and O–H groups in total. The van der Waals surface area contributed by atoms with Gasteiger partial charge in [-0.1, -0.05) is 11.6 Å². The van der Waals surface area contributed by atoms with E-state index in [0.29, 0.717) is 10.7 Å². The van der Waals surface area contributed by atoms with Crippen LogP contribution in [0.5, 0.6) is 0 Å². The van der Waals surface area contributed by atoms with Crippen LogP contribution in [0.4, 0.5) is 10.1 Å². The number of esters is 1. The van der Waals surface area contributed by atoms with E-state index in [-0.39, 0.29) is 31.2 Å². The number of amides is 1. The van der Waals surface area contributed by atoms with Crippen LogP contribution in [0.15, 0.2) is 47.4 Å². The maximum Gasteiger partial charge on any atom is 0.341 e. The van der Waals surface area contributed by atoms with Crippen LogP contribution in [0.3, 0.4) is 0 Å². The Hall–Kier alpha value is -2.53. The van der Waals surface area contributed by atoms with Crippen molar-refractivity contribution in [1.29, 1.82) is 0 Å². The van der Waals surface area contributed by atoms with Crippen molar-refractivity contribution in [3.8, 4) is 0 Å². The van der Waals surface area contributed by atoms with Crippen molar-refractivity contribution in [3.05, 3.63) is 58.9 Å². The van der Waals surface area contributed by atoms with Crippen LogP contribution in [0.25, 0.3) is 0 Å². The molecule has 0 atom stereocenters. The number of benzene rings is 2. The van der Waals surface area contributed by atoms with Crippen LogP contribution in [0, 0.1) is 5.82 Å². The fourth-order valence-corrected chi connectivity index (χ4v) is 4.26. The summed E-state index contributed by atoms with van der Waals surface area (Å²) in [5.41, 5.74) is -0.145. The Morgan fingerprint density at radius 1 is 1.13 bits per heavy atom. The highest BCUT2D eigenvalue weighted by molar-refractivity contribution is 7.89. The molecule has 1 saturated heterocycles. The average Bonchev–Trinajstić information content (AvgIpc) is 2.74. The zero-order chi connectivity index (χ0) is 21.7. The van der Waals surface area contributed by atoms with Gasteiger partial charge in [-0.2, -0.15) is 4.31 Å². The molecule has 2 aromatic rings. The Balaban J connectivity index is 1.67. The lowest BCUT2D eigenvalue weighted by Gasteiger charge is -2.26. The fourth-order valence-electron chi connectivity index (χ4n) is 2.70. The Bertz CT molecular complexity index is 1040. The quantitative estimate of drug-likeness (QED) is 0.669. The third kappa shape index (κ3) is 5.33. The largest absolute Gasteiger partial charge is 0.452 e. The SMILES string of the molecule is O=C(COC(=O)c1cc(S(=O)(=O)N2CCOCC2)ccc1F)Nc1ccc(Cl)cc1. The molecule has 1 amide bonds. The molecule has 30 heavy (non-hydrogen) atoms. The number of nitrogens with zero attached hydrogens (tertiary/aromatic N) is 1. The number of morpholine rings is 1. The molecular weight excluding hydrogens is 439 g/mol. The first kappa shape index (κ1) is 22.2. The van der Waals surface area contributed by atoms with E-state index in [4.69, 9.17) is 21.1 Å². The molecule has 0 spiro atoms. The Morgan fingerprint density at radius 2 is 1.80 bits per heavy atom. The van der Waals surface area contributed by atoms with Crippen molar-refractivity contribution in [2.24, 2.45) is 0 Å². The molecule has 8 nitrogen and oxygen atoms in total. The van der Waals surface area contributed by atoms with Crippen molar-refractivity contribution < 1.29 is 31.9 Å². The van der Waals surface area contributed by atoms with Crippen molar-refractivity contribution >= 4 is 39.2 Å². The van der Waals surface area contributed by atoms with E-state index in [1.807, 2.05) is 0 Å². The van der Waals surface area contributed by atoms with E-state index in [9.17, 15) is 22.4 Å². The molecule has 160 valence electrons. The van der Waals surface area contributed by atoms with Gasteiger partial charge in [-0.05, 0) is 42.5 Å². The van der Waals surface area contributed by atoms with Gasteiger partial charge in [0.2, 0.25) is 10.0 Å². The second-order valence-electron chi connectivity index (χ2n) is 6.29. The topological polar surface area (TPSA) is 102 Å². The lowest BCUT2D eigenvalue weighted by atomic mass is 10.2. The van der Waals surface area contributed by atoms with Gasteiger partial charge in [0.05, 0.1) is 23.7 Å². The van der Waals surface area contributed by atoms with Crippen molar-refractivity contribution in [2.45, 2.75) is 4.90 Å². The van der Waals surface area contributed by atoms with E-state index in [0.717, 1.165) is 18.2 Å². The Morgan fingerprint density at radius 3 is 2.47 bits per heavy atom. The molecule has 0 bridgehead atoms. The van der Waals surface area contributed by atoms with Gasteiger partial charge in [-0.15, -0.1) is 0 Å². The maximum absolute atomic E-state index is 14.1. The minimum Gasteiger partial charge on any atom is -0.452 e. The lowest BCUT2D eigenvalue weighted by Crippen LogP contribution is -2.40. The third-order valence-corrected chi connectivity index (χ3v) is 6.37. The van der Waals surface area contributed by atoms with Crippen LogP contribution in [-0.4, -0.2) is 57.5 Å². The minimum absolute atomic E-state index is 0.157. The average molecular weight is 457 g/mol. The zero-order valence-electron chi connectivity index (χ0n) is 15.6. The lowest BCUT2D eigenvalue weighted by molar-refractivity contribution is -0.119. The van der Waals surface area contributed by atoms with Gasteiger partial charge >= 0.3 is 5.97 Å². The molecule has 1 aliphatic heterocycles. The molecule has 0 saturated carbocycles. The number of sulfonamides is 1. The maximum atomic E-state index is 14.1. The number of nitrogens with one attached hydrogen (secondary N) is 1. The Kier molecular flexibility index (Phi) is 7.03.